The first-order chi connectivity index (χ1) is 8.13. The minimum absolute atomic E-state index is 0.669. The Balaban J connectivity index is 2.06. The van der Waals surface area contributed by atoms with E-state index in [-0.39, 0.29) is 0 Å². The molecule has 1 aliphatic heterocycles. The molecule has 0 spiro atoms. The Hall–Kier alpha value is -0.120. The van der Waals surface area contributed by atoms with Gasteiger partial charge in [0, 0.05) is 18.6 Å². The first-order valence-electron chi connectivity index (χ1n) is 7.25. The molecule has 3 nitrogen and oxygen atoms in total. The summed E-state index contributed by atoms with van der Waals surface area (Å²) in [6, 6.07) is 1.47. The minimum atomic E-state index is 0.669. The molecule has 0 aromatic rings. The lowest BCUT2D eigenvalue weighted by Gasteiger charge is -2.26. The fourth-order valence-corrected chi connectivity index (χ4v) is 2.78. The summed E-state index contributed by atoms with van der Waals surface area (Å²) in [5, 5.41) is 3.47. The predicted octanol–water partition coefficient (Wildman–Crippen LogP) is 1.79. The zero-order valence-electron chi connectivity index (χ0n) is 12.2. The summed E-state index contributed by atoms with van der Waals surface area (Å²) in [6.07, 6.45) is 5.36. The van der Waals surface area contributed by atoms with Gasteiger partial charge in [0.25, 0.3) is 0 Å². The van der Waals surface area contributed by atoms with Crippen LogP contribution >= 0.6 is 0 Å². The van der Waals surface area contributed by atoms with Crippen LogP contribution in [0, 0.1) is 0 Å². The second-order valence-electron chi connectivity index (χ2n) is 5.64. The lowest BCUT2D eigenvalue weighted by atomic mass is 10.1. The van der Waals surface area contributed by atoms with Crippen LogP contribution in [0.25, 0.3) is 0 Å². The highest BCUT2D eigenvalue weighted by Gasteiger charge is 2.21. The fourth-order valence-electron chi connectivity index (χ4n) is 2.78. The van der Waals surface area contributed by atoms with E-state index in [1.165, 1.54) is 45.3 Å². The van der Waals surface area contributed by atoms with Crippen molar-refractivity contribution in [1.82, 2.24) is 15.1 Å². The van der Waals surface area contributed by atoms with E-state index in [1.54, 1.807) is 0 Å². The molecule has 102 valence electrons. The van der Waals surface area contributed by atoms with Crippen molar-refractivity contribution < 1.29 is 0 Å². The fraction of sp³-hybridized carbons (Fsp3) is 1.00. The van der Waals surface area contributed by atoms with E-state index >= 15 is 0 Å². The van der Waals surface area contributed by atoms with E-state index in [2.05, 4.69) is 43.1 Å². The summed E-state index contributed by atoms with van der Waals surface area (Å²) in [4.78, 5) is 5.02. The normalized spacial score (nSPS) is 23.5. The topological polar surface area (TPSA) is 18.5 Å². The van der Waals surface area contributed by atoms with Crippen LogP contribution in [0.2, 0.25) is 0 Å². The second-order valence-corrected chi connectivity index (χ2v) is 5.64. The van der Waals surface area contributed by atoms with Gasteiger partial charge in [0.1, 0.15) is 0 Å². The van der Waals surface area contributed by atoms with Gasteiger partial charge in [-0.2, -0.15) is 0 Å². The van der Waals surface area contributed by atoms with Gasteiger partial charge in [0.15, 0.2) is 0 Å². The molecular weight excluding hydrogens is 210 g/mol. The smallest absolute Gasteiger partial charge is 0.0220 e. The summed E-state index contributed by atoms with van der Waals surface area (Å²) < 4.78 is 0. The lowest BCUT2D eigenvalue weighted by Crippen LogP contribution is -2.37. The third kappa shape index (κ3) is 5.84. The maximum Gasteiger partial charge on any atom is 0.0220 e. The molecule has 2 atom stereocenters. The van der Waals surface area contributed by atoms with Crippen molar-refractivity contribution in [2.45, 2.75) is 51.6 Å². The number of likely N-dealkylation sites (tertiary alicyclic amines) is 1. The van der Waals surface area contributed by atoms with E-state index < -0.39 is 0 Å². The van der Waals surface area contributed by atoms with Crippen molar-refractivity contribution in [2.75, 3.05) is 40.3 Å². The van der Waals surface area contributed by atoms with Crippen LogP contribution in [0.1, 0.15) is 39.5 Å². The Labute approximate surface area is 108 Å². The van der Waals surface area contributed by atoms with E-state index in [1.807, 2.05) is 0 Å². The van der Waals surface area contributed by atoms with Gasteiger partial charge in [-0.3, -0.25) is 0 Å². The van der Waals surface area contributed by atoms with Gasteiger partial charge in [-0.15, -0.1) is 0 Å². The average molecular weight is 241 g/mol. The summed E-state index contributed by atoms with van der Waals surface area (Å²) in [7, 11) is 4.53. The molecule has 1 N–H and O–H groups in total. The average Bonchev–Trinajstić information content (AvgIpc) is 2.65. The maximum atomic E-state index is 3.47. The lowest BCUT2D eigenvalue weighted by molar-refractivity contribution is 0.216. The first kappa shape index (κ1) is 14.9. The molecule has 0 radical (unpaired) electrons. The van der Waals surface area contributed by atoms with Crippen LogP contribution < -0.4 is 5.32 Å². The number of likely N-dealkylation sites (N-methyl/N-ethyl adjacent to an activating group) is 2. The van der Waals surface area contributed by atoms with Crippen LogP contribution in [0.15, 0.2) is 0 Å². The second kappa shape index (κ2) is 8.06. The summed E-state index contributed by atoms with van der Waals surface area (Å²) in [5.41, 5.74) is 0. The highest BCUT2D eigenvalue weighted by Crippen LogP contribution is 2.15. The Morgan fingerprint density at radius 1 is 1.47 bits per heavy atom. The van der Waals surface area contributed by atoms with Crippen LogP contribution in [-0.4, -0.2) is 62.2 Å². The third-order valence-corrected chi connectivity index (χ3v) is 3.92. The molecule has 0 aromatic carbocycles. The molecule has 1 heterocycles. The number of rotatable bonds is 8. The molecule has 1 fully saturated rings. The molecule has 2 unspecified atom stereocenters. The van der Waals surface area contributed by atoms with E-state index in [0.29, 0.717) is 6.04 Å². The van der Waals surface area contributed by atoms with Gasteiger partial charge in [0.2, 0.25) is 0 Å². The summed E-state index contributed by atoms with van der Waals surface area (Å²) in [5.74, 6) is 0. The monoisotopic (exact) mass is 241 g/mol. The molecule has 17 heavy (non-hydrogen) atoms. The zero-order chi connectivity index (χ0) is 12.7. The molecular formula is C14H31N3. The van der Waals surface area contributed by atoms with Gasteiger partial charge in [-0.1, -0.05) is 6.92 Å². The van der Waals surface area contributed by atoms with Gasteiger partial charge in [-0.05, 0) is 66.3 Å². The minimum Gasteiger partial charge on any atom is -0.315 e. The largest absolute Gasteiger partial charge is 0.315 e. The van der Waals surface area contributed by atoms with Gasteiger partial charge in [0.05, 0.1) is 0 Å². The first-order valence-corrected chi connectivity index (χ1v) is 7.25. The van der Waals surface area contributed by atoms with Gasteiger partial charge < -0.3 is 15.1 Å². The molecule has 1 saturated heterocycles. The molecule has 1 aliphatic rings. The van der Waals surface area contributed by atoms with E-state index in [4.69, 9.17) is 0 Å². The summed E-state index contributed by atoms with van der Waals surface area (Å²) in [6.45, 7) is 9.32. The SMILES string of the molecule is CCNC(C)CCCN(C)CC1CCCN1C. The summed E-state index contributed by atoms with van der Waals surface area (Å²) >= 11 is 0. The zero-order valence-corrected chi connectivity index (χ0v) is 12.2. The Kier molecular flexibility index (Phi) is 7.09. The van der Waals surface area contributed by atoms with Crippen LogP contribution in [0.4, 0.5) is 0 Å². The standard InChI is InChI=1S/C14H31N3/c1-5-15-13(2)8-6-10-16(3)12-14-9-7-11-17(14)4/h13-15H,5-12H2,1-4H3. The third-order valence-electron chi connectivity index (χ3n) is 3.92. The van der Waals surface area contributed by atoms with Gasteiger partial charge in [-0.25, -0.2) is 0 Å². The Morgan fingerprint density at radius 2 is 2.24 bits per heavy atom. The van der Waals surface area contributed by atoms with Crippen LogP contribution in [0.3, 0.4) is 0 Å². The molecule has 0 aliphatic carbocycles. The Morgan fingerprint density at radius 3 is 2.82 bits per heavy atom. The Bertz CT molecular complexity index is 196. The quantitative estimate of drug-likeness (QED) is 0.699. The molecule has 0 amide bonds. The highest BCUT2D eigenvalue weighted by atomic mass is 15.2. The van der Waals surface area contributed by atoms with Gasteiger partial charge >= 0.3 is 0 Å². The number of nitrogens with zero attached hydrogens (tertiary/aromatic N) is 2. The van der Waals surface area contributed by atoms with Crippen molar-refractivity contribution in [3.63, 3.8) is 0 Å². The van der Waals surface area contributed by atoms with Crippen LogP contribution in [-0.2, 0) is 0 Å². The molecule has 3 heteroatoms. The van der Waals surface area contributed by atoms with Crippen molar-refractivity contribution in [3.8, 4) is 0 Å². The van der Waals surface area contributed by atoms with Crippen LogP contribution in [0.5, 0.6) is 0 Å². The van der Waals surface area contributed by atoms with Crippen molar-refractivity contribution >= 4 is 0 Å². The number of hydrogen-bond donors (Lipinski definition) is 1. The van der Waals surface area contributed by atoms with E-state index in [0.717, 1.165) is 12.6 Å². The van der Waals surface area contributed by atoms with Crippen molar-refractivity contribution in [1.29, 1.82) is 0 Å². The number of hydrogen-bond acceptors (Lipinski definition) is 3. The predicted molar refractivity (Wildman–Crippen MR) is 75.5 cm³/mol. The molecule has 1 rings (SSSR count). The van der Waals surface area contributed by atoms with Crippen molar-refractivity contribution in [3.05, 3.63) is 0 Å². The molecule has 0 aromatic heterocycles. The molecule has 0 bridgehead atoms. The van der Waals surface area contributed by atoms with Crippen molar-refractivity contribution in [2.24, 2.45) is 0 Å². The highest BCUT2D eigenvalue weighted by molar-refractivity contribution is 4.78. The molecule has 0 saturated carbocycles. The number of nitrogens with one attached hydrogen (secondary N) is 1. The maximum absolute atomic E-state index is 3.47. The van der Waals surface area contributed by atoms with E-state index in [9.17, 15) is 0 Å².